The highest BCUT2D eigenvalue weighted by atomic mass is 32.2. The van der Waals surface area contributed by atoms with Crippen molar-refractivity contribution in [3.8, 4) is 0 Å². The molecule has 0 aliphatic carbocycles. The van der Waals surface area contributed by atoms with Crippen LogP contribution in [0.1, 0.15) is 23.6 Å². The van der Waals surface area contributed by atoms with Crippen LogP contribution >= 0.6 is 0 Å². The van der Waals surface area contributed by atoms with Gasteiger partial charge in [0.2, 0.25) is 15.9 Å². The van der Waals surface area contributed by atoms with Crippen LogP contribution in [0.5, 0.6) is 0 Å². The highest BCUT2D eigenvalue weighted by molar-refractivity contribution is 7.89. The molecule has 4 aromatic rings. The molecule has 40 heavy (non-hydrogen) atoms. The largest absolute Gasteiger partial charge is 0.377 e. The highest BCUT2D eigenvalue weighted by Crippen LogP contribution is 2.39. The summed E-state index contributed by atoms with van der Waals surface area (Å²) in [6.07, 6.45) is 1.01. The molecule has 206 valence electrons. The first kappa shape index (κ1) is 26.3. The van der Waals surface area contributed by atoms with Gasteiger partial charge in [-0.15, -0.1) is 0 Å². The van der Waals surface area contributed by atoms with E-state index in [1.54, 1.807) is 27.1 Å². The fourth-order valence-electron chi connectivity index (χ4n) is 6.19. The Morgan fingerprint density at radius 3 is 2.42 bits per heavy atom. The number of anilines is 2. The number of carbonyl (C=O) groups excluding carboxylic acids is 1. The molecular formula is C31H32N4O4S. The lowest BCUT2D eigenvalue weighted by atomic mass is 9.84. The SMILES string of the molecule is CN(C)c1cccc2c(S(=O)(=O)N3C[C@@H]4C[C@H](C3)c3ccc(NC(=O)Cc5ccccc5)c(=O)n3C4)cccc12. The number of sulfonamides is 1. The monoisotopic (exact) mass is 556 g/mol. The fraction of sp³-hybridized carbons (Fsp3) is 0.290. The maximum Gasteiger partial charge on any atom is 0.274 e. The zero-order chi connectivity index (χ0) is 28.0. The maximum atomic E-state index is 14.0. The van der Waals surface area contributed by atoms with Crippen LogP contribution in [0.4, 0.5) is 11.4 Å². The molecule has 8 nitrogen and oxygen atoms in total. The first-order valence-electron chi connectivity index (χ1n) is 13.5. The summed E-state index contributed by atoms with van der Waals surface area (Å²) in [6.45, 7) is 1.07. The topological polar surface area (TPSA) is 91.7 Å². The molecule has 3 heterocycles. The number of rotatable bonds is 6. The molecule has 0 radical (unpaired) electrons. The third kappa shape index (κ3) is 4.69. The van der Waals surface area contributed by atoms with Crippen LogP contribution in [-0.2, 0) is 27.8 Å². The van der Waals surface area contributed by atoms with Gasteiger partial charge in [-0.3, -0.25) is 9.59 Å². The van der Waals surface area contributed by atoms with E-state index in [0.29, 0.717) is 29.9 Å². The average Bonchev–Trinajstić information content (AvgIpc) is 2.94. The van der Waals surface area contributed by atoms with E-state index in [1.165, 1.54) is 0 Å². The van der Waals surface area contributed by atoms with Gasteiger partial charge in [0.15, 0.2) is 0 Å². The standard InChI is InChI=1S/C31H32N4O4S/c1-33(2)28-12-6-11-25-24(28)10-7-13-29(25)40(38,39)34-18-22-16-23(20-34)27-15-14-26(31(37)35(27)19-22)32-30(36)17-21-8-4-3-5-9-21/h3-15,22-23H,16-20H2,1-2H3,(H,32,36)/t22-,23+/m0/s1. The van der Waals surface area contributed by atoms with Gasteiger partial charge >= 0.3 is 0 Å². The predicted octanol–water partition coefficient (Wildman–Crippen LogP) is 4.06. The quantitative estimate of drug-likeness (QED) is 0.387. The Hall–Kier alpha value is -3.95. The first-order valence-corrected chi connectivity index (χ1v) is 14.9. The summed E-state index contributed by atoms with van der Waals surface area (Å²) in [5.74, 6) is -0.345. The van der Waals surface area contributed by atoms with E-state index in [1.807, 2.05) is 79.7 Å². The second-order valence-corrected chi connectivity index (χ2v) is 12.8. The second kappa shape index (κ2) is 10.2. The number of nitrogens with one attached hydrogen (secondary N) is 1. The normalized spacial score (nSPS) is 18.8. The van der Waals surface area contributed by atoms with Gasteiger partial charge in [-0.2, -0.15) is 4.31 Å². The number of hydrogen-bond acceptors (Lipinski definition) is 5. The average molecular weight is 557 g/mol. The summed E-state index contributed by atoms with van der Waals surface area (Å²) in [5.41, 5.74) is 2.66. The van der Waals surface area contributed by atoms with Crippen molar-refractivity contribution in [1.82, 2.24) is 8.87 Å². The molecule has 1 aromatic heterocycles. The molecule has 0 unspecified atom stereocenters. The molecule has 0 saturated carbocycles. The van der Waals surface area contributed by atoms with E-state index in [9.17, 15) is 18.0 Å². The van der Waals surface area contributed by atoms with Gasteiger partial charge in [-0.1, -0.05) is 54.6 Å². The summed E-state index contributed by atoms with van der Waals surface area (Å²) in [6, 6.07) is 24.1. The van der Waals surface area contributed by atoms with Crippen molar-refractivity contribution in [2.45, 2.75) is 30.2 Å². The number of nitrogens with zero attached hydrogens (tertiary/aromatic N) is 3. The number of amides is 1. The fourth-order valence-corrected chi connectivity index (χ4v) is 7.96. The molecule has 3 aromatic carbocycles. The lowest BCUT2D eigenvalue weighted by Crippen LogP contribution is -2.49. The molecule has 2 bridgehead atoms. The van der Waals surface area contributed by atoms with Crippen LogP contribution in [0, 0.1) is 5.92 Å². The Labute approximate surface area is 233 Å². The van der Waals surface area contributed by atoms with Crippen molar-refractivity contribution >= 4 is 38.1 Å². The van der Waals surface area contributed by atoms with E-state index in [2.05, 4.69) is 5.32 Å². The second-order valence-electron chi connectivity index (χ2n) is 10.9. The Kier molecular flexibility index (Phi) is 6.72. The molecule has 1 fully saturated rings. The van der Waals surface area contributed by atoms with Crippen LogP contribution in [0.25, 0.3) is 10.8 Å². The van der Waals surface area contributed by atoms with Gasteiger partial charge < -0.3 is 14.8 Å². The molecule has 6 rings (SSSR count). The Bertz CT molecular complexity index is 1770. The van der Waals surface area contributed by atoms with E-state index >= 15 is 0 Å². The summed E-state index contributed by atoms with van der Waals surface area (Å²) >= 11 is 0. The zero-order valence-electron chi connectivity index (χ0n) is 22.6. The molecule has 1 N–H and O–H groups in total. The molecular weight excluding hydrogens is 524 g/mol. The molecule has 0 spiro atoms. The summed E-state index contributed by atoms with van der Waals surface area (Å²) < 4.78 is 31.3. The van der Waals surface area contributed by atoms with E-state index in [4.69, 9.17) is 0 Å². The number of carbonyl (C=O) groups is 1. The summed E-state index contributed by atoms with van der Waals surface area (Å²) in [4.78, 5) is 28.3. The Balaban J connectivity index is 1.27. The van der Waals surface area contributed by atoms with Crippen molar-refractivity contribution < 1.29 is 13.2 Å². The third-order valence-electron chi connectivity index (χ3n) is 8.01. The molecule has 2 atom stereocenters. The molecule has 2 aliphatic rings. The number of hydrogen-bond donors (Lipinski definition) is 1. The maximum absolute atomic E-state index is 14.0. The van der Waals surface area contributed by atoms with Crippen molar-refractivity contribution in [3.05, 3.63) is 100 Å². The summed E-state index contributed by atoms with van der Waals surface area (Å²) in [5, 5.41) is 4.38. The van der Waals surface area contributed by atoms with E-state index < -0.39 is 10.0 Å². The smallest absolute Gasteiger partial charge is 0.274 e. The first-order chi connectivity index (χ1) is 19.2. The molecule has 2 aliphatic heterocycles. The Morgan fingerprint density at radius 2 is 1.65 bits per heavy atom. The molecule has 9 heteroatoms. The van der Waals surface area contributed by atoms with Crippen LogP contribution < -0.4 is 15.8 Å². The van der Waals surface area contributed by atoms with Crippen molar-refractivity contribution in [3.63, 3.8) is 0 Å². The lowest BCUT2D eigenvalue weighted by Gasteiger charge is -2.42. The zero-order valence-corrected chi connectivity index (χ0v) is 23.4. The number of benzene rings is 3. The van der Waals surface area contributed by atoms with Crippen LogP contribution in [-0.4, -0.2) is 50.4 Å². The van der Waals surface area contributed by atoms with Gasteiger partial charge in [-0.25, -0.2) is 8.42 Å². The predicted molar refractivity (Wildman–Crippen MR) is 157 cm³/mol. The van der Waals surface area contributed by atoms with Gasteiger partial charge in [0, 0.05) is 61.8 Å². The summed E-state index contributed by atoms with van der Waals surface area (Å²) in [7, 11) is 0.122. The Morgan fingerprint density at radius 1 is 0.900 bits per heavy atom. The van der Waals surface area contributed by atoms with Crippen LogP contribution in [0.3, 0.4) is 0 Å². The van der Waals surface area contributed by atoms with E-state index in [-0.39, 0.29) is 35.4 Å². The minimum absolute atomic E-state index is 0.00121. The van der Waals surface area contributed by atoms with E-state index in [0.717, 1.165) is 28.8 Å². The van der Waals surface area contributed by atoms with Gasteiger partial charge in [0.05, 0.1) is 11.3 Å². The van der Waals surface area contributed by atoms with Gasteiger partial charge in [0.25, 0.3) is 5.56 Å². The van der Waals surface area contributed by atoms with Crippen molar-refractivity contribution in [1.29, 1.82) is 0 Å². The minimum atomic E-state index is -3.77. The number of pyridine rings is 1. The van der Waals surface area contributed by atoms with Crippen molar-refractivity contribution in [2.24, 2.45) is 5.92 Å². The van der Waals surface area contributed by atoms with Gasteiger partial charge in [0.1, 0.15) is 5.69 Å². The highest BCUT2D eigenvalue weighted by Gasteiger charge is 2.40. The van der Waals surface area contributed by atoms with Crippen molar-refractivity contribution in [2.75, 3.05) is 37.4 Å². The number of piperidine rings is 1. The minimum Gasteiger partial charge on any atom is -0.377 e. The van der Waals surface area contributed by atoms with Gasteiger partial charge in [-0.05, 0) is 42.2 Å². The molecule has 1 saturated heterocycles. The van der Waals surface area contributed by atoms with Crippen LogP contribution in [0.15, 0.2) is 88.6 Å². The third-order valence-corrected chi connectivity index (χ3v) is 9.90. The molecule has 1 amide bonds. The number of aromatic nitrogens is 1. The number of fused-ring (bicyclic) bond motifs is 5. The lowest BCUT2D eigenvalue weighted by molar-refractivity contribution is -0.115. The van der Waals surface area contributed by atoms with Crippen LogP contribution in [0.2, 0.25) is 0 Å².